The second kappa shape index (κ2) is 5.22. The van der Waals surface area contributed by atoms with Crippen LogP contribution in [0.25, 0.3) is 0 Å². The summed E-state index contributed by atoms with van der Waals surface area (Å²) in [7, 11) is -0.390. The van der Waals surface area contributed by atoms with Crippen molar-refractivity contribution >= 4 is 10.2 Å². The SMILES string of the molecule is C#CCC(CC)NS(=O)(=O)N(C)C. The Kier molecular flexibility index (Phi) is 4.99. The van der Waals surface area contributed by atoms with E-state index in [9.17, 15) is 8.42 Å². The minimum atomic E-state index is -3.34. The van der Waals surface area contributed by atoms with E-state index in [0.717, 1.165) is 4.31 Å². The summed E-state index contributed by atoms with van der Waals surface area (Å²) in [6, 6.07) is -0.169. The normalized spacial score (nSPS) is 14.1. The van der Waals surface area contributed by atoms with Crippen molar-refractivity contribution in [1.29, 1.82) is 0 Å². The summed E-state index contributed by atoms with van der Waals surface area (Å²) < 4.78 is 26.3. The molecular weight excluding hydrogens is 188 g/mol. The Morgan fingerprint density at radius 1 is 1.54 bits per heavy atom. The minimum absolute atomic E-state index is 0.169. The van der Waals surface area contributed by atoms with Gasteiger partial charge in [-0.1, -0.05) is 6.92 Å². The van der Waals surface area contributed by atoms with Crippen LogP contribution in [0.4, 0.5) is 0 Å². The van der Waals surface area contributed by atoms with E-state index in [2.05, 4.69) is 10.6 Å². The quantitative estimate of drug-likeness (QED) is 0.650. The standard InChI is InChI=1S/C8H16N2O2S/c1-5-7-8(6-2)9-13(11,12)10(3)4/h1,8-9H,6-7H2,2-4H3. The minimum Gasteiger partial charge on any atom is -0.198 e. The molecule has 0 spiro atoms. The second-order valence-corrected chi connectivity index (χ2v) is 4.83. The number of rotatable bonds is 5. The Balaban J connectivity index is 4.33. The molecule has 13 heavy (non-hydrogen) atoms. The van der Waals surface area contributed by atoms with Crippen LogP contribution in [-0.2, 0) is 10.2 Å². The number of nitrogens with one attached hydrogen (secondary N) is 1. The molecule has 0 fully saturated rings. The highest BCUT2D eigenvalue weighted by atomic mass is 32.2. The molecule has 0 amide bonds. The monoisotopic (exact) mass is 204 g/mol. The lowest BCUT2D eigenvalue weighted by molar-refractivity contribution is 0.482. The maximum Gasteiger partial charge on any atom is 0.279 e. The molecule has 0 heterocycles. The van der Waals surface area contributed by atoms with Crippen molar-refractivity contribution in [2.24, 2.45) is 0 Å². The summed E-state index contributed by atoms with van der Waals surface area (Å²) >= 11 is 0. The van der Waals surface area contributed by atoms with Gasteiger partial charge in [0.25, 0.3) is 10.2 Å². The first-order valence-corrected chi connectivity index (χ1v) is 5.51. The van der Waals surface area contributed by atoms with E-state index in [1.165, 1.54) is 14.1 Å². The molecule has 5 heteroatoms. The molecular formula is C8H16N2O2S. The Labute approximate surface area is 80.5 Å². The van der Waals surface area contributed by atoms with Gasteiger partial charge in [0.15, 0.2) is 0 Å². The molecule has 76 valence electrons. The van der Waals surface area contributed by atoms with Crippen molar-refractivity contribution in [2.45, 2.75) is 25.8 Å². The van der Waals surface area contributed by atoms with E-state index in [-0.39, 0.29) is 6.04 Å². The third kappa shape index (κ3) is 4.27. The van der Waals surface area contributed by atoms with Crippen LogP contribution in [0.5, 0.6) is 0 Å². The molecule has 0 aliphatic rings. The third-order valence-electron chi connectivity index (χ3n) is 1.65. The molecule has 0 aromatic heterocycles. The molecule has 0 saturated heterocycles. The Hall–Kier alpha value is -0.570. The van der Waals surface area contributed by atoms with Gasteiger partial charge in [-0.3, -0.25) is 0 Å². The van der Waals surface area contributed by atoms with Crippen molar-refractivity contribution in [3.8, 4) is 12.3 Å². The zero-order chi connectivity index (χ0) is 10.5. The third-order valence-corrected chi connectivity index (χ3v) is 3.25. The topological polar surface area (TPSA) is 49.4 Å². The van der Waals surface area contributed by atoms with E-state index < -0.39 is 10.2 Å². The van der Waals surface area contributed by atoms with Crippen LogP contribution in [0.3, 0.4) is 0 Å². The van der Waals surface area contributed by atoms with Crippen LogP contribution < -0.4 is 4.72 Å². The Morgan fingerprint density at radius 3 is 2.38 bits per heavy atom. The van der Waals surface area contributed by atoms with Crippen LogP contribution >= 0.6 is 0 Å². The summed E-state index contributed by atoms with van der Waals surface area (Å²) in [4.78, 5) is 0. The lowest BCUT2D eigenvalue weighted by atomic mass is 10.2. The molecule has 0 bridgehead atoms. The molecule has 0 radical (unpaired) electrons. The predicted octanol–water partition coefficient (Wildman–Crippen LogP) is 0.184. The molecule has 0 aromatic carbocycles. The highest BCUT2D eigenvalue weighted by Gasteiger charge is 2.17. The van der Waals surface area contributed by atoms with Gasteiger partial charge in [-0.2, -0.15) is 17.4 Å². The molecule has 1 unspecified atom stereocenters. The molecule has 0 rings (SSSR count). The van der Waals surface area contributed by atoms with E-state index in [1.54, 1.807) is 0 Å². The molecule has 1 atom stereocenters. The first-order valence-electron chi connectivity index (χ1n) is 4.07. The van der Waals surface area contributed by atoms with Crippen LogP contribution in [0.1, 0.15) is 19.8 Å². The largest absolute Gasteiger partial charge is 0.279 e. The van der Waals surface area contributed by atoms with Crippen molar-refractivity contribution in [2.75, 3.05) is 14.1 Å². The lowest BCUT2D eigenvalue weighted by Crippen LogP contribution is -2.41. The summed E-state index contributed by atoms with van der Waals surface area (Å²) in [5.41, 5.74) is 0. The molecule has 0 saturated carbocycles. The number of hydrogen-bond donors (Lipinski definition) is 1. The summed E-state index contributed by atoms with van der Waals surface area (Å²) in [5, 5.41) is 0. The van der Waals surface area contributed by atoms with Gasteiger partial charge >= 0.3 is 0 Å². The maximum absolute atomic E-state index is 11.3. The maximum atomic E-state index is 11.3. The van der Waals surface area contributed by atoms with Gasteiger partial charge in [0.2, 0.25) is 0 Å². The van der Waals surface area contributed by atoms with Crippen molar-refractivity contribution in [1.82, 2.24) is 9.03 Å². The fraction of sp³-hybridized carbons (Fsp3) is 0.750. The summed E-state index contributed by atoms with van der Waals surface area (Å²) in [6.45, 7) is 1.89. The Bertz CT molecular complexity index is 277. The molecule has 0 aromatic rings. The fourth-order valence-corrected chi connectivity index (χ4v) is 1.61. The highest BCUT2D eigenvalue weighted by Crippen LogP contribution is 2.00. The van der Waals surface area contributed by atoms with E-state index in [1.807, 2.05) is 6.92 Å². The van der Waals surface area contributed by atoms with Gasteiger partial charge in [0.1, 0.15) is 0 Å². The van der Waals surface area contributed by atoms with E-state index >= 15 is 0 Å². The second-order valence-electron chi connectivity index (χ2n) is 2.92. The van der Waals surface area contributed by atoms with Gasteiger partial charge in [0.05, 0.1) is 0 Å². The molecule has 4 nitrogen and oxygen atoms in total. The van der Waals surface area contributed by atoms with E-state index in [4.69, 9.17) is 6.42 Å². The first-order chi connectivity index (χ1) is 5.94. The highest BCUT2D eigenvalue weighted by molar-refractivity contribution is 7.87. The fourth-order valence-electron chi connectivity index (χ4n) is 0.728. The number of hydrogen-bond acceptors (Lipinski definition) is 2. The zero-order valence-corrected chi connectivity index (χ0v) is 9.06. The summed E-state index contributed by atoms with van der Waals surface area (Å²) in [6.07, 6.45) is 6.21. The molecule has 1 N–H and O–H groups in total. The van der Waals surface area contributed by atoms with E-state index in [0.29, 0.717) is 12.8 Å². The van der Waals surface area contributed by atoms with Gasteiger partial charge in [-0.25, -0.2) is 0 Å². The molecule has 0 aliphatic carbocycles. The van der Waals surface area contributed by atoms with Crippen LogP contribution in [0, 0.1) is 12.3 Å². The van der Waals surface area contributed by atoms with Gasteiger partial charge in [0, 0.05) is 26.6 Å². The smallest absolute Gasteiger partial charge is 0.198 e. The van der Waals surface area contributed by atoms with Gasteiger partial charge < -0.3 is 0 Å². The molecule has 0 aliphatic heterocycles. The lowest BCUT2D eigenvalue weighted by Gasteiger charge is -2.17. The average molecular weight is 204 g/mol. The van der Waals surface area contributed by atoms with Crippen LogP contribution in [-0.4, -0.2) is 32.9 Å². The first kappa shape index (κ1) is 12.4. The van der Waals surface area contributed by atoms with Crippen LogP contribution in [0.15, 0.2) is 0 Å². The zero-order valence-electron chi connectivity index (χ0n) is 8.24. The van der Waals surface area contributed by atoms with Gasteiger partial charge in [-0.15, -0.1) is 12.3 Å². The number of terminal acetylenes is 1. The number of nitrogens with zero attached hydrogens (tertiary/aromatic N) is 1. The van der Waals surface area contributed by atoms with Gasteiger partial charge in [-0.05, 0) is 6.42 Å². The Morgan fingerprint density at radius 2 is 2.08 bits per heavy atom. The summed E-state index contributed by atoms with van der Waals surface area (Å²) in [5.74, 6) is 2.43. The van der Waals surface area contributed by atoms with Crippen LogP contribution in [0.2, 0.25) is 0 Å². The average Bonchev–Trinajstić information content (AvgIpc) is 2.03. The predicted molar refractivity (Wildman–Crippen MR) is 53.3 cm³/mol. The van der Waals surface area contributed by atoms with Crippen molar-refractivity contribution < 1.29 is 8.42 Å². The van der Waals surface area contributed by atoms with Crippen molar-refractivity contribution in [3.63, 3.8) is 0 Å². The van der Waals surface area contributed by atoms with Crippen molar-refractivity contribution in [3.05, 3.63) is 0 Å².